The number of hydrogen-bond acceptors (Lipinski definition) is 6. The van der Waals surface area contributed by atoms with E-state index in [2.05, 4.69) is 0 Å². The molecule has 0 aliphatic carbocycles. The number of rotatable bonds is 7. The summed E-state index contributed by atoms with van der Waals surface area (Å²) >= 11 is 0. The zero-order valence-corrected chi connectivity index (χ0v) is 18.3. The molecular formula is C25H21N3O6. The van der Waals surface area contributed by atoms with Crippen molar-refractivity contribution in [3.8, 4) is 5.75 Å². The van der Waals surface area contributed by atoms with Crippen LogP contribution in [0.5, 0.6) is 5.75 Å². The van der Waals surface area contributed by atoms with Gasteiger partial charge in [-0.05, 0) is 35.9 Å². The number of benzene rings is 3. The molecule has 1 aliphatic heterocycles. The Balaban J connectivity index is 1.69. The summed E-state index contributed by atoms with van der Waals surface area (Å²) in [5.74, 6) is -0.976. The second kappa shape index (κ2) is 9.53. The molecule has 1 unspecified atom stereocenters. The van der Waals surface area contributed by atoms with Crippen molar-refractivity contribution in [2.24, 2.45) is 0 Å². The Hall–Kier alpha value is -4.53. The molecule has 1 saturated heterocycles. The van der Waals surface area contributed by atoms with E-state index in [4.69, 9.17) is 4.74 Å². The number of nitro benzene ring substituents is 1. The Labute approximate surface area is 195 Å². The van der Waals surface area contributed by atoms with Crippen LogP contribution >= 0.6 is 0 Å². The van der Waals surface area contributed by atoms with E-state index < -0.39 is 28.7 Å². The van der Waals surface area contributed by atoms with E-state index in [1.54, 1.807) is 48.5 Å². The molecule has 172 valence electrons. The summed E-state index contributed by atoms with van der Waals surface area (Å²) in [5.41, 5.74) is 0.956. The zero-order chi connectivity index (χ0) is 24.2. The fourth-order valence-electron chi connectivity index (χ4n) is 3.88. The van der Waals surface area contributed by atoms with Gasteiger partial charge < -0.3 is 9.64 Å². The Morgan fingerprint density at radius 1 is 1.06 bits per heavy atom. The predicted molar refractivity (Wildman–Crippen MR) is 123 cm³/mol. The van der Waals surface area contributed by atoms with Crippen LogP contribution in [0, 0.1) is 10.1 Å². The first-order valence-electron chi connectivity index (χ1n) is 10.5. The number of non-ortho nitro benzene ring substituents is 1. The van der Waals surface area contributed by atoms with Gasteiger partial charge in [-0.15, -0.1) is 0 Å². The van der Waals surface area contributed by atoms with Crippen LogP contribution < -0.4 is 9.64 Å². The maximum Gasteiger partial charge on any atom is 0.270 e. The minimum Gasteiger partial charge on any atom is -0.497 e. The van der Waals surface area contributed by atoms with Crippen molar-refractivity contribution in [3.05, 3.63) is 100 Å². The molecule has 1 atom stereocenters. The Morgan fingerprint density at radius 2 is 1.76 bits per heavy atom. The van der Waals surface area contributed by atoms with Crippen LogP contribution in [0.15, 0.2) is 78.9 Å². The van der Waals surface area contributed by atoms with Crippen molar-refractivity contribution in [3.63, 3.8) is 0 Å². The SMILES string of the molecule is COc1ccc(N2C(=O)CC(N(Cc3ccccc3)C(=O)c3cccc([N+](=O)[O-])c3)C2=O)cc1. The lowest BCUT2D eigenvalue weighted by atomic mass is 10.1. The van der Waals surface area contributed by atoms with Gasteiger partial charge in [-0.2, -0.15) is 0 Å². The van der Waals surface area contributed by atoms with Crippen LogP contribution in [0.25, 0.3) is 0 Å². The molecule has 0 saturated carbocycles. The zero-order valence-electron chi connectivity index (χ0n) is 18.3. The number of carbonyl (C=O) groups excluding carboxylic acids is 3. The topological polar surface area (TPSA) is 110 Å². The number of nitrogens with zero attached hydrogens (tertiary/aromatic N) is 3. The van der Waals surface area contributed by atoms with Crippen molar-refractivity contribution in [2.45, 2.75) is 19.0 Å². The van der Waals surface area contributed by atoms with Gasteiger partial charge in [0.25, 0.3) is 17.5 Å². The van der Waals surface area contributed by atoms with Gasteiger partial charge in [0.05, 0.1) is 24.1 Å². The standard InChI is InChI=1S/C25H21N3O6/c1-34-21-12-10-19(11-13-21)27-23(29)15-22(25(27)31)26(16-17-6-3-2-4-7-17)24(30)18-8-5-9-20(14-18)28(32)33/h2-14,22H,15-16H2,1H3. The summed E-state index contributed by atoms with van der Waals surface area (Å²) in [5, 5.41) is 11.2. The lowest BCUT2D eigenvalue weighted by Gasteiger charge is -2.28. The van der Waals surface area contributed by atoms with Gasteiger partial charge in [0.2, 0.25) is 5.91 Å². The quantitative estimate of drug-likeness (QED) is 0.303. The maximum atomic E-state index is 13.5. The molecule has 34 heavy (non-hydrogen) atoms. The summed E-state index contributed by atoms with van der Waals surface area (Å²) < 4.78 is 5.13. The highest BCUT2D eigenvalue weighted by atomic mass is 16.6. The summed E-state index contributed by atoms with van der Waals surface area (Å²) in [6.07, 6.45) is -0.196. The number of methoxy groups -OCH3 is 1. The minimum atomic E-state index is -1.05. The highest BCUT2D eigenvalue weighted by Crippen LogP contribution is 2.29. The van der Waals surface area contributed by atoms with Gasteiger partial charge in [-0.3, -0.25) is 24.5 Å². The summed E-state index contributed by atoms with van der Waals surface area (Å²) in [6, 6.07) is 19.8. The highest BCUT2D eigenvalue weighted by molar-refractivity contribution is 6.23. The van der Waals surface area contributed by atoms with Gasteiger partial charge >= 0.3 is 0 Å². The number of amides is 3. The largest absolute Gasteiger partial charge is 0.497 e. The van der Waals surface area contributed by atoms with E-state index in [9.17, 15) is 24.5 Å². The van der Waals surface area contributed by atoms with E-state index >= 15 is 0 Å². The van der Waals surface area contributed by atoms with Crippen LogP contribution in [-0.2, 0) is 16.1 Å². The van der Waals surface area contributed by atoms with Crippen LogP contribution in [0.4, 0.5) is 11.4 Å². The van der Waals surface area contributed by atoms with Crippen molar-refractivity contribution in [1.29, 1.82) is 0 Å². The number of hydrogen-bond donors (Lipinski definition) is 0. The van der Waals surface area contributed by atoms with E-state index in [0.29, 0.717) is 11.4 Å². The molecule has 3 amide bonds. The first kappa shape index (κ1) is 22.7. The van der Waals surface area contributed by atoms with Crippen LogP contribution in [0.2, 0.25) is 0 Å². The van der Waals surface area contributed by atoms with Gasteiger partial charge in [-0.25, -0.2) is 4.90 Å². The van der Waals surface area contributed by atoms with E-state index in [0.717, 1.165) is 10.5 Å². The van der Waals surface area contributed by atoms with Crippen LogP contribution in [-0.4, -0.2) is 40.7 Å². The minimum absolute atomic E-state index is 0.0580. The van der Waals surface area contributed by atoms with E-state index in [1.807, 2.05) is 6.07 Å². The first-order valence-corrected chi connectivity index (χ1v) is 10.5. The van der Waals surface area contributed by atoms with Gasteiger partial charge in [0.1, 0.15) is 11.8 Å². The molecule has 0 aromatic heterocycles. The second-order valence-electron chi connectivity index (χ2n) is 7.71. The van der Waals surface area contributed by atoms with Gasteiger partial charge in [-0.1, -0.05) is 36.4 Å². The third-order valence-electron chi connectivity index (χ3n) is 5.59. The number of ether oxygens (including phenoxy) is 1. The third-order valence-corrected chi connectivity index (χ3v) is 5.59. The molecule has 0 N–H and O–H groups in total. The van der Waals surface area contributed by atoms with Crippen molar-refractivity contribution >= 4 is 29.1 Å². The summed E-state index contributed by atoms with van der Waals surface area (Å²) in [7, 11) is 1.51. The monoisotopic (exact) mass is 459 g/mol. The van der Waals surface area contributed by atoms with Crippen LogP contribution in [0.3, 0.4) is 0 Å². The molecule has 1 heterocycles. The Kier molecular flexibility index (Phi) is 6.35. The predicted octanol–water partition coefficient (Wildman–Crippen LogP) is 3.58. The molecule has 3 aromatic carbocycles. The van der Waals surface area contributed by atoms with Gasteiger partial charge in [0, 0.05) is 24.2 Å². The van der Waals surface area contributed by atoms with Crippen molar-refractivity contribution < 1.29 is 24.0 Å². The Bertz CT molecular complexity index is 1240. The number of nitro groups is 1. The molecule has 0 radical (unpaired) electrons. The number of anilines is 1. The second-order valence-corrected chi connectivity index (χ2v) is 7.71. The maximum absolute atomic E-state index is 13.5. The molecular weight excluding hydrogens is 438 g/mol. The number of carbonyl (C=O) groups is 3. The van der Waals surface area contributed by atoms with Crippen molar-refractivity contribution in [1.82, 2.24) is 4.90 Å². The fourth-order valence-corrected chi connectivity index (χ4v) is 3.88. The smallest absolute Gasteiger partial charge is 0.270 e. The molecule has 0 spiro atoms. The molecule has 1 aliphatic rings. The molecule has 4 rings (SSSR count). The van der Waals surface area contributed by atoms with Crippen molar-refractivity contribution in [2.75, 3.05) is 12.0 Å². The van der Waals surface area contributed by atoms with Crippen LogP contribution in [0.1, 0.15) is 22.3 Å². The molecule has 9 heteroatoms. The summed E-state index contributed by atoms with van der Waals surface area (Å²) in [4.78, 5) is 52.7. The normalized spacial score (nSPS) is 15.3. The fraction of sp³-hybridized carbons (Fsp3) is 0.160. The van der Waals surface area contributed by atoms with E-state index in [1.165, 1.54) is 36.3 Å². The van der Waals surface area contributed by atoms with Gasteiger partial charge in [0.15, 0.2) is 0 Å². The highest BCUT2D eigenvalue weighted by Gasteiger charge is 2.44. The lowest BCUT2D eigenvalue weighted by molar-refractivity contribution is -0.384. The third kappa shape index (κ3) is 4.49. The average Bonchev–Trinajstić information content (AvgIpc) is 3.16. The summed E-state index contributed by atoms with van der Waals surface area (Å²) in [6.45, 7) is 0.0580. The molecule has 0 bridgehead atoms. The average molecular weight is 459 g/mol. The first-order chi connectivity index (χ1) is 16.4. The lowest BCUT2D eigenvalue weighted by Crippen LogP contribution is -2.45. The number of imide groups is 1. The molecule has 9 nitrogen and oxygen atoms in total. The Morgan fingerprint density at radius 3 is 2.41 bits per heavy atom. The molecule has 1 fully saturated rings. The molecule has 3 aromatic rings. The van der Waals surface area contributed by atoms with E-state index in [-0.39, 0.29) is 24.2 Å².